The predicted octanol–water partition coefficient (Wildman–Crippen LogP) is 1.50. The molecule has 2 rings (SSSR count). The molecule has 0 aliphatic carbocycles. The summed E-state index contributed by atoms with van der Waals surface area (Å²) in [7, 11) is 0. The molecule has 1 heterocycles. The maximum Gasteiger partial charge on any atom is 0.251 e. The van der Waals surface area contributed by atoms with E-state index >= 15 is 0 Å². The van der Waals surface area contributed by atoms with Gasteiger partial charge in [-0.3, -0.25) is 9.69 Å². The highest BCUT2D eigenvalue weighted by Gasteiger charge is 2.10. The van der Waals surface area contributed by atoms with Crippen LogP contribution in [0.15, 0.2) is 24.3 Å². The highest BCUT2D eigenvalue weighted by molar-refractivity contribution is 5.94. The summed E-state index contributed by atoms with van der Waals surface area (Å²) in [6.45, 7) is 9.89. The van der Waals surface area contributed by atoms with Crippen molar-refractivity contribution in [3.8, 4) is 5.75 Å². The minimum absolute atomic E-state index is 0.0229. The molecular formula is C17H27N3O2. The van der Waals surface area contributed by atoms with Gasteiger partial charge >= 0.3 is 0 Å². The van der Waals surface area contributed by atoms with Crippen molar-refractivity contribution in [2.24, 2.45) is 0 Å². The van der Waals surface area contributed by atoms with Gasteiger partial charge < -0.3 is 15.4 Å². The molecule has 1 aliphatic heterocycles. The van der Waals surface area contributed by atoms with E-state index in [-0.39, 0.29) is 12.0 Å². The van der Waals surface area contributed by atoms with Crippen molar-refractivity contribution >= 4 is 5.91 Å². The predicted molar refractivity (Wildman–Crippen MR) is 88.5 cm³/mol. The van der Waals surface area contributed by atoms with Crippen molar-refractivity contribution in [2.45, 2.75) is 26.4 Å². The van der Waals surface area contributed by atoms with E-state index in [2.05, 4.69) is 22.5 Å². The van der Waals surface area contributed by atoms with E-state index in [4.69, 9.17) is 4.74 Å². The topological polar surface area (TPSA) is 53.6 Å². The van der Waals surface area contributed by atoms with E-state index in [1.165, 1.54) is 0 Å². The maximum absolute atomic E-state index is 12.1. The van der Waals surface area contributed by atoms with Crippen LogP contribution in [0.4, 0.5) is 0 Å². The van der Waals surface area contributed by atoms with Crippen molar-refractivity contribution < 1.29 is 9.53 Å². The standard InChI is InChI=1S/C17H27N3O2/c1-3-14(2)22-16-6-4-15(5-7-16)17(21)19-10-13-20-11-8-18-9-12-20/h4-7,14,18H,3,8-13H2,1-2H3,(H,19,21). The van der Waals surface area contributed by atoms with E-state index in [0.29, 0.717) is 12.1 Å². The van der Waals surface area contributed by atoms with Crippen LogP contribution in [-0.2, 0) is 0 Å². The van der Waals surface area contributed by atoms with Crippen molar-refractivity contribution in [1.29, 1.82) is 0 Å². The molecule has 22 heavy (non-hydrogen) atoms. The molecular weight excluding hydrogens is 278 g/mol. The van der Waals surface area contributed by atoms with E-state index < -0.39 is 0 Å². The lowest BCUT2D eigenvalue weighted by Crippen LogP contribution is -2.46. The summed E-state index contributed by atoms with van der Waals surface area (Å²) in [4.78, 5) is 14.5. The maximum atomic E-state index is 12.1. The van der Waals surface area contributed by atoms with Crippen LogP contribution in [0.25, 0.3) is 0 Å². The average molecular weight is 305 g/mol. The smallest absolute Gasteiger partial charge is 0.251 e. The van der Waals surface area contributed by atoms with Gasteiger partial charge in [0, 0.05) is 44.8 Å². The van der Waals surface area contributed by atoms with Crippen molar-refractivity contribution in [2.75, 3.05) is 39.3 Å². The summed E-state index contributed by atoms with van der Waals surface area (Å²) in [6.07, 6.45) is 1.16. The van der Waals surface area contributed by atoms with Crippen LogP contribution in [-0.4, -0.2) is 56.2 Å². The van der Waals surface area contributed by atoms with Crippen LogP contribution in [0.2, 0.25) is 0 Å². The second kappa shape index (κ2) is 8.76. The van der Waals surface area contributed by atoms with E-state index in [1.54, 1.807) is 0 Å². The lowest BCUT2D eigenvalue weighted by molar-refractivity contribution is 0.0947. The molecule has 0 saturated carbocycles. The number of hydrogen-bond donors (Lipinski definition) is 2. The number of amides is 1. The molecule has 1 aromatic carbocycles. The minimum atomic E-state index is -0.0229. The Kier molecular flexibility index (Phi) is 6.68. The number of nitrogens with zero attached hydrogens (tertiary/aromatic N) is 1. The zero-order valence-electron chi connectivity index (χ0n) is 13.6. The van der Waals surface area contributed by atoms with Crippen molar-refractivity contribution in [1.82, 2.24) is 15.5 Å². The van der Waals surface area contributed by atoms with Gasteiger partial charge in [0.05, 0.1) is 6.10 Å². The van der Waals surface area contributed by atoms with Crippen molar-refractivity contribution in [3.63, 3.8) is 0 Å². The Morgan fingerprint density at radius 3 is 2.64 bits per heavy atom. The lowest BCUT2D eigenvalue weighted by Gasteiger charge is -2.27. The number of piperazine rings is 1. The first-order valence-electron chi connectivity index (χ1n) is 8.17. The third kappa shape index (κ3) is 5.31. The third-order valence-corrected chi connectivity index (χ3v) is 3.95. The molecule has 5 heteroatoms. The molecule has 122 valence electrons. The normalized spacial score (nSPS) is 17.0. The zero-order chi connectivity index (χ0) is 15.8. The van der Waals surface area contributed by atoms with Gasteiger partial charge in [-0.25, -0.2) is 0 Å². The summed E-state index contributed by atoms with van der Waals surface area (Å²) in [5.41, 5.74) is 0.678. The molecule has 1 unspecified atom stereocenters. The van der Waals surface area contributed by atoms with Gasteiger partial charge in [-0.15, -0.1) is 0 Å². The Balaban J connectivity index is 1.74. The average Bonchev–Trinajstić information content (AvgIpc) is 2.56. The molecule has 1 atom stereocenters. The number of benzene rings is 1. The van der Waals surface area contributed by atoms with Crippen molar-refractivity contribution in [3.05, 3.63) is 29.8 Å². The van der Waals surface area contributed by atoms with Crippen LogP contribution < -0.4 is 15.4 Å². The number of ether oxygens (including phenoxy) is 1. The Morgan fingerprint density at radius 1 is 1.32 bits per heavy atom. The highest BCUT2D eigenvalue weighted by Crippen LogP contribution is 2.14. The fraction of sp³-hybridized carbons (Fsp3) is 0.588. The largest absolute Gasteiger partial charge is 0.491 e. The Labute approximate surface area is 133 Å². The Hall–Kier alpha value is -1.59. The molecule has 0 spiro atoms. The van der Waals surface area contributed by atoms with Gasteiger partial charge in [-0.2, -0.15) is 0 Å². The fourth-order valence-electron chi connectivity index (χ4n) is 2.36. The first kappa shape index (κ1) is 16.8. The molecule has 1 fully saturated rings. The Bertz CT molecular complexity index is 455. The number of rotatable bonds is 7. The van der Waals surface area contributed by atoms with Crippen LogP contribution >= 0.6 is 0 Å². The van der Waals surface area contributed by atoms with Crippen LogP contribution in [0, 0.1) is 0 Å². The number of carbonyl (C=O) groups is 1. The summed E-state index contributed by atoms with van der Waals surface area (Å²) >= 11 is 0. The molecule has 1 aliphatic rings. The molecule has 1 aromatic rings. The van der Waals surface area contributed by atoms with Crippen LogP contribution in [0.5, 0.6) is 5.75 Å². The number of carbonyl (C=O) groups excluding carboxylic acids is 1. The first-order valence-corrected chi connectivity index (χ1v) is 8.17. The number of nitrogens with one attached hydrogen (secondary N) is 2. The van der Waals surface area contributed by atoms with Gasteiger partial charge in [-0.1, -0.05) is 6.92 Å². The van der Waals surface area contributed by atoms with Gasteiger partial charge in [-0.05, 0) is 37.6 Å². The van der Waals surface area contributed by atoms with Gasteiger partial charge in [0.25, 0.3) is 5.91 Å². The van der Waals surface area contributed by atoms with Gasteiger partial charge in [0.15, 0.2) is 0 Å². The van der Waals surface area contributed by atoms with E-state index in [1.807, 2.05) is 31.2 Å². The number of hydrogen-bond acceptors (Lipinski definition) is 4. The molecule has 5 nitrogen and oxygen atoms in total. The first-order chi connectivity index (χ1) is 10.7. The molecule has 1 amide bonds. The molecule has 1 saturated heterocycles. The van der Waals surface area contributed by atoms with E-state index in [0.717, 1.165) is 44.9 Å². The van der Waals surface area contributed by atoms with Crippen LogP contribution in [0.3, 0.4) is 0 Å². The Morgan fingerprint density at radius 2 is 2.00 bits per heavy atom. The monoisotopic (exact) mass is 305 g/mol. The SMILES string of the molecule is CCC(C)Oc1ccc(C(=O)NCCN2CCNCC2)cc1. The van der Waals surface area contributed by atoms with E-state index in [9.17, 15) is 4.79 Å². The van der Waals surface area contributed by atoms with Gasteiger partial charge in [0.2, 0.25) is 0 Å². The summed E-state index contributed by atoms with van der Waals surface area (Å²) in [5.74, 6) is 0.789. The third-order valence-electron chi connectivity index (χ3n) is 3.95. The fourth-order valence-corrected chi connectivity index (χ4v) is 2.36. The quantitative estimate of drug-likeness (QED) is 0.801. The second-order valence-corrected chi connectivity index (χ2v) is 5.71. The van der Waals surface area contributed by atoms with Gasteiger partial charge in [0.1, 0.15) is 5.75 Å². The second-order valence-electron chi connectivity index (χ2n) is 5.71. The highest BCUT2D eigenvalue weighted by atomic mass is 16.5. The molecule has 0 aromatic heterocycles. The zero-order valence-corrected chi connectivity index (χ0v) is 13.6. The van der Waals surface area contributed by atoms with Crippen LogP contribution in [0.1, 0.15) is 30.6 Å². The minimum Gasteiger partial charge on any atom is -0.491 e. The molecule has 2 N–H and O–H groups in total. The molecule has 0 radical (unpaired) electrons. The summed E-state index contributed by atoms with van der Waals surface area (Å²) in [6, 6.07) is 7.35. The summed E-state index contributed by atoms with van der Waals surface area (Å²) < 4.78 is 5.71. The summed E-state index contributed by atoms with van der Waals surface area (Å²) in [5, 5.41) is 6.30. The lowest BCUT2D eigenvalue weighted by atomic mass is 10.2. The molecule has 0 bridgehead atoms.